The van der Waals surface area contributed by atoms with Gasteiger partial charge in [-0.25, -0.2) is 4.39 Å². The molecule has 1 aliphatic rings. The Bertz CT molecular complexity index is 968. The van der Waals surface area contributed by atoms with E-state index in [0.29, 0.717) is 37.2 Å². The van der Waals surface area contributed by atoms with Crippen LogP contribution in [0.1, 0.15) is 45.0 Å². The van der Waals surface area contributed by atoms with Gasteiger partial charge in [-0.1, -0.05) is 6.07 Å². The van der Waals surface area contributed by atoms with Crippen molar-refractivity contribution in [2.75, 3.05) is 20.1 Å². The van der Waals surface area contributed by atoms with Crippen LogP contribution < -0.4 is 5.32 Å². The van der Waals surface area contributed by atoms with Gasteiger partial charge in [-0.05, 0) is 61.3 Å². The normalized spacial score (nSPS) is 19.7. The Morgan fingerprint density at radius 3 is 2.12 bits per heavy atom. The number of aryl methyl sites for hydroxylation is 1. The highest BCUT2D eigenvalue weighted by atomic mass is 19.4. The lowest BCUT2D eigenvalue weighted by atomic mass is 9.83. The van der Waals surface area contributed by atoms with E-state index >= 15 is 0 Å². The number of amides is 1. The van der Waals surface area contributed by atoms with Crippen LogP contribution in [0.15, 0.2) is 36.4 Å². The molecular weight excluding hydrogens is 441 g/mol. The molecule has 1 N–H and O–H groups in total. The third-order valence-corrected chi connectivity index (χ3v) is 5.73. The number of nitrogens with zero attached hydrogens (tertiary/aromatic N) is 1. The van der Waals surface area contributed by atoms with Crippen molar-refractivity contribution in [3.05, 3.63) is 70.0 Å². The van der Waals surface area contributed by atoms with Crippen LogP contribution in [0.3, 0.4) is 0 Å². The fourth-order valence-corrected chi connectivity index (χ4v) is 4.11. The minimum absolute atomic E-state index is 0.00795. The van der Waals surface area contributed by atoms with E-state index in [1.165, 1.54) is 24.1 Å². The van der Waals surface area contributed by atoms with Crippen molar-refractivity contribution in [1.82, 2.24) is 10.2 Å². The number of piperidine rings is 1. The van der Waals surface area contributed by atoms with Gasteiger partial charge in [0.15, 0.2) is 0 Å². The number of carbonyl (C=O) groups is 1. The Labute approximate surface area is 180 Å². The van der Waals surface area contributed by atoms with E-state index < -0.39 is 46.8 Å². The molecule has 1 amide bonds. The van der Waals surface area contributed by atoms with Crippen LogP contribution in [0.25, 0.3) is 0 Å². The number of halogens is 7. The van der Waals surface area contributed by atoms with Crippen LogP contribution >= 0.6 is 0 Å². The lowest BCUT2D eigenvalue weighted by Crippen LogP contribution is -2.49. The monoisotopic (exact) mass is 462 g/mol. The van der Waals surface area contributed by atoms with Crippen molar-refractivity contribution in [2.24, 2.45) is 0 Å². The number of alkyl halides is 6. The summed E-state index contributed by atoms with van der Waals surface area (Å²) in [7, 11) is 1.36. The zero-order valence-corrected chi connectivity index (χ0v) is 17.2. The average Bonchev–Trinajstić information content (AvgIpc) is 2.71. The van der Waals surface area contributed by atoms with Crippen LogP contribution in [-0.2, 0) is 12.4 Å². The number of benzene rings is 2. The van der Waals surface area contributed by atoms with Gasteiger partial charge in [-0.2, -0.15) is 26.3 Å². The quantitative estimate of drug-likeness (QED) is 0.621. The Hall–Kier alpha value is -2.62. The van der Waals surface area contributed by atoms with Crippen molar-refractivity contribution in [1.29, 1.82) is 0 Å². The van der Waals surface area contributed by atoms with Gasteiger partial charge in [0.2, 0.25) is 0 Å². The molecule has 0 aromatic heterocycles. The molecule has 1 saturated heterocycles. The Morgan fingerprint density at radius 1 is 1.00 bits per heavy atom. The second-order valence-electron chi connectivity index (χ2n) is 7.88. The van der Waals surface area contributed by atoms with E-state index in [0.717, 1.165) is 5.56 Å². The van der Waals surface area contributed by atoms with Crippen molar-refractivity contribution in [3.8, 4) is 0 Å². The molecule has 3 rings (SSSR count). The lowest BCUT2D eigenvalue weighted by molar-refractivity contribution is -0.143. The third kappa shape index (κ3) is 5.06. The average molecular weight is 462 g/mol. The summed E-state index contributed by atoms with van der Waals surface area (Å²) in [6.45, 7) is 2.63. The van der Waals surface area contributed by atoms with E-state index in [9.17, 15) is 35.5 Å². The molecule has 2 aromatic rings. The number of likely N-dealkylation sites (N-methyl/N-ethyl adjacent to an activating group) is 1. The topological polar surface area (TPSA) is 32.3 Å². The largest absolute Gasteiger partial charge is 0.416 e. The van der Waals surface area contributed by atoms with Gasteiger partial charge in [0.05, 0.1) is 11.1 Å². The molecule has 2 aromatic carbocycles. The number of nitrogens with one attached hydrogen (secondary N) is 1. The molecule has 10 heteroatoms. The fraction of sp³-hybridized carbons (Fsp3) is 0.409. The highest BCUT2D eigenvalue weighted by molar-refractivity contribution is 5.94. The molecule has 2 unspecified atom stereocenters. The predicted molar refractivity (Wildman–Crippen MR) is 104 cm³/mol. The van der Waals surface area contributed by atoms with E-state index in [-0.39, 0.29) is 12.0 Å². The molecule has 32 heavy (non-hydrogen) atoms. The summed E-state index contributed by atoms with van der Waals surface area (Å²) in [5.74, 6) is -1.69. The predicted octanol–water partition coefficient (Wildman–Crippen LogP) is 5.39. The third-order valence-electron chi connectivity index (χ3n) is 5.73. The first-order chi connectivity index (χ1) is 14.8. The van der Waals surface area contributed by atoms with Crippen LogP contribution in [-0.4, -0.2) is 37.0 Å². The smallest absolute Gasteiger partial charge is 0.338 e. The van der Waals surface area contributed by atoms with E-state index in [4.69, 9.17) is 0 Å². The van der Waals surface area contributed by atoms with Crippen LogP contribution in [0.5, 0.6) is 0 Å². The summed E-state index contributed by atoms with van der Waals surface area (Å²) in [5.41, 5.74) is -2.38. The second-order valence-corrected chi connectivity index (χ2v) is 7.88. The van der Waals surface area contributed by atoms with Gasteiger partial charge in [0, 0.05) is 31.1 Å². The maximum absolute atomic E-state index is 13.5. The van der Waals surface area contributed by atoms with E-state index in [1.807, 2.05) is 0 Å². The molecular formula is C22H21F7N2O. The van der Waals surface area contributed by atoms with Crippen molar-refractivity contribution >= 4 is 5.91 Å². The first-order valence-corrected chi connectivity index (χ1v) is 9.82. The van der Waals surface area contributed by atoms with Crippen molar-refractivity contribution < 1.29 is 35.5 Å². The SMILES string of the molecule is Cc1cc(F)ccc1C1CNCCC1N(C)C(=O)c1cc(C(F)(F)F)cc(C(F)(F)F)c1. The zero-order chi connectivity index (χ0) is 23.8. The summed E-state index contributed by atoms with van der Waals surface area (Å²) >= 11 is 0. The molecule has 1 aliphatic heterocycles. The molecule has 1 heterocycles. The Balaban J connectivity index is 1.99. The highest BCUT2D eigenvalue weighted by Gasteiger charge is 2.39. The number of carbonyl (C=O) groups excluding carboxylic acids is 1. The molecule has 1 fully saturated rings. The minimum Gasteiger partial charge on any atom is -0.338 e. The zero-order valence-electron chi connectivity index (χ0n) is 17.2. The first kappa shape index (κ1) is 24.0. The molecule has 0 spiro atoms. The van der Waals surface area contributed by atoms with Gasteiger partial charge in [-0.15, -0.1) is 0 Å². The summed E-state index contributed by atoms with van der Waals surface area (Å²) in [4.78, 5) is 14.2. The number of rotatable bonds is 3. The molecule has 174 valence electrons. The first-order valence-electron chi connectivity index (χ1n) is 9.82. The van der Waals surface area contributed by atoms with Gasteiger partial charge >= 0.3 is 12.4 Å². The molecule has 0 aliphatic carbocycles. The van der Waals surface area contributed by atoms with Crippen LogP contribution in [0, 0.1) is 12.7 Å². The number of hydrogen-bond donors (Lipinski definition) is 1. The van der Waals surface area contributed by atoms with Crippen molar-refractivity contribution in [3.63, 3.8) is 0 Å². The second kappa shape index (κ2) is 8.73. The van der Waals surface area contributed by atoms with Gasteiger partial charge in [0.1, 0.15) is 5.82 Å². The Morgan fingerprint density at radius 2 is 1.59 bits per heavy atom. The summed E-state index contributed by atoms with van der Waals surface area (Å²) in [5, 5.41) is 3.17. The van der Waals surface area contributed by atoms with Gasteiger partial charge < -0.3 is 10.2 Å². The molecule has 0 radical (unpaired) electrons. The highest BCUT2D eigenvalue weighted by Crippen LogP contribution is 2.37. The van der Waals surface area contributed by atoms with E-state index in [2.05, 4.69) is 5.32 Å². The molecule has 0 saturated carbocycles. The molecule has 3 nitrogen and oxygen atoms in total. The van der Waals surface area contributed by atoms with Crippen LogP contribution in [0.4, 0.5) is 30.7 Å². The van der Waals surface area contributed by atoms with Crippen LogP contribution in [0.2, 0.25) is 0 Å². The molecule has 0 bridgehead atoms. The van der Waals surface area contributed by atoms with E-state index in [1.54, 1.807) is 13.0 Å². The summed E-state index contributed by atoms with van der Waals surface area (Å²) in [6.07, 6.45) is -9.66. The maximum atomic E-state index is 13.5. The summed E-state index contributed by atoms with van der Waals surface area (Å²) < 4.78 is 92.6. The van der Waals surface area contributed by atoms with Gasteiger partial charge in [0.25, 0.3) is 5.91 Å². The fourth-order valence-electron chi connectivity index (χ4n) is 4.11. The Kier molecular flexibility index (Phi) is 6.55. The standard InChI is InChI=1S/C22H21F7N2O/c1-12-7-16(23)3-4-17(12)18-11-30-6-5-19(18)31(2)20(32)13-8-14(21(24,25)26)10-15(9-13)22(27,28)29/h3-4,7-10,18-19,30H,5-6,11H2,1-2H3. The number of hydrogen-bond acceptors (Lipinski definition) is 2. The van der Waals surface area contributed by atoms with Crippen molar-refractivity contribution in [2.45, 2.75) is 37.7 Å². The molecule has 2 atom stereocenters. The summed E-state index contributed by atoms with van der Waals surface area (Å²) in [6, 6.07) is 4.56. The lowest BCUT2D eigenvalue weighted by Gasteiger charge is -2.39. The van der Waals surface area contributed by atoms with Gasteiger partial charge in [-0.3, -0.25) is 4.79 Å². The minimum atomic E-state index is -5.04. The maximum Gasteiger partial charge on any atom is 0.416 e.